The maximum Gasteiger partial charge on any atom is 0.361 e. The maximum absolute atomic E-state index is 12.9. The average Bonchev–Trinajstić information content (AvgIpc) is 3.35. The standard InChI is InChI=1S/C63H119NO8/c1-6-8-10-12-14-16-18-20-22-24-26-28-29-30-31-32-34-35-37-39-41-43-45-47-49-51-53-60(65)70-57-59(58-71-63(62(67)68)69-56-55-64(3,4)5)72-61(66)54-52-50-48-46-44-42-40-38-36-33-27-25-23-21-19-17-15-13-11-9-7-2/h19,21,25,27,59,63H,6-18,20,22-24,26,28-58H2,1-5H3/p+1/b21-19-,27-25-. The highest BCUT2D eigenvalue weighted by Gasteiger charge is 2.25. The van der Waals surface area contributed by atoms with E-state index in [1.54, 1.807) is 0 Å². The number of carbonyl (C=O) groups is 3. The molecule has 9 nitrogen and oxygen atoms in total. The van der Waals surface area contributed by atoms with Gasteiger partial charge in [0.15, 0.2) is 6.10 Å². The van der Waals surface area contributed by atoms with E-state index in [4.69, 9.17) is 18.9 Å². The number of esters is 2. The first kappa shape index (κ1) is 69.8. The van der Waals surface area contributed by atoms with E-state index in [2.05, 4.69) is 38.2 Å². The third-order valence-electron chi connectivity index (χ3n) is 14.0. The Bertz CT molecular complexity index is 1230. The smallest absolute Gasteiger partial charge is 0.361 e. The van der Waals surface area contributed by atoms with Gasteiger partial charge < -0.3 is 28.5 Å². The van der Waals surface area contributed by atoms with Crippen LogP contribution in [0.4, 0.5) is 0 Å². The van der Waals surface area contributed by atoms with Gasteiger partial charge in [-0.25, -0.2) is 4.79 Å². The van der Waals surface area contributed by atoms with Crippen molar-refractivity contribution in [2.45, 2.75) is 315 Å². The minimum absolute atomic E-state index is 0.178. The molecule has 0 aliphatic heterocycles. The Morgan fingerprint density at radius 1 is 0.417 bits per heavy atom. The van der Waals surface area contributed by atoms with Crippen molar-refractivity contribution in [3.05, 3.63) is 24.3 Å². The molecule has 1 N–H and O–H groups in total. The Hall–Kier alpha value is -2.23. The molecule has 0 saturated carbocycles. The number of carbonyl (C=O) groups excluding carboxylic acids is 2. The molecule has 2 atom stereocenters. The van der Waals surface area contributed by atoms with Gasteiger partial charge in [-0.15, -0.1) is 0 Å². The summed E-state index contributed by atoms with van der Waals surface area (Å²) in [5, 5.41) is 9.71. The first-order chi connectivity index (χ1) is 35.1. The van der Waals surface area contributed by atoms with Crippen LogP contribution in [0.3, 0.4) is 0 Å². The van der Waals surface area contributed by atoms with E-state index in [1.807, 2.05) is 21.1 Å². The van der Waals surface area contributed by atoms with Crippen molar-refractivity contribution in [1.82, 2.24) is 0 Å². The Morgan fingerprint density at radius 2 is 0.750 bits per heavy atom. The molecule has 0 aromatic carbocycles. The number of quaternary nitrogens is 1. The highest BCUT2D eigenvalue weighted by Crippen LogP contribution is 2.18. The van der Waals surface area contributed by atoms with Gasteiger partial charge in [0.25, 0.3) is 6.29 Å². The summed E-state index contributed by atoms with van der Waals surface area (Å²) < 4.78 is 22.9. The lowest BCUT2D eigenvalue weighted by atomic mass is 10.0. The molecule has 0 spiro atoms. The number of unbranched alkanes of at least 4 members (excludes halogenated alkanes) is 39. The molecule has 0 saturated heterocycles. The van der Waals surface area contributed by atoms with Crippen LogP contribution in [0.1, 0.15) is 303 Å². The summed E-state index contributed by atoms with van der Waals surface area (Å²) in [5.74, 6) is -1.99. The predicted octanol–water partition coefficient (Wildman–Crippen LogP) is 18.3. The van der Waals surface area contributed by atoms with Crippen LogP contribution >= 0.6 is 0 Å². The second kappa shape index (κ2) is 55.0. The molecule has 0 aromatic heterocycles. The van der Waals surface area contributed by atoms with Gasteiger partial charge in [0.2, 0.25) is 0 Å². The van der Waals surface area contributed by atoms with Gasteiger partial charge in [-0.05, 0) is 44.9 Å². The second-order valence-electron chi connectivity index (χ2n) is 22.4. The SMILES string of the molecule is CCCCCCC/C=C\C/C=C\CCCCCCCCCCCC(=O)OC(COC(=O)CCCCCCCCCCCCCCCCCCCCCCCCCCCC)COC(OCC[N+](C)(C)C)C(=O)O. The molecule has 72 heavy (non-hydrogen) atoms. The molecule has 2 unspecified atom stereocenters. The molecule has 424 valence electrons. The van der Waals surface area contributed by atoms with Crippen molar-refractivity contribution in [1.29, 1.82) is 0 Å². The largest absolute Gasteiger partial charge is 0.477 e. The van der Waals surface area contributed by atoms with Crippen LogP contribution in [-0.4, -0.2) is 87.4 Å². The molecular formula is C63H120NO8+. The summed E-state index contributed by atoms with van der Waals surface area (Å²) in [6.45, 7) is 4.92. The third kappa shape index (κ3) is 55.5. The van der Waals surface area contributed by atoms with Gasteiger partial charge in [-0.2, -0.15) is 0 Å². The van der Waals surface area contributed by atoms with Gasteiger partial charge in [-0.3, -0.25) is 9.59 Å². The third-order valence-corrected chi connectivity index (χ3v) is 14.0. The van der Waals surface area contributed by atoms with E-state index in [-0.39, 0.29) is 32.2 Å². The van der Waals surface area contributed by atoms with Crippen LogP contribution in [-0.2, 0) is 33.3 Å². The molecule has 0 heterocycles. The van der Waals surface area contributed by atoms with Crippen LogP contribution < -0.4 is 0 Å². The maximum atomic E-state index is 12.9. The molecule has 0 radical (unpaired) electrons. The summed E-state index contributed by atoms with van der Waals surface area (Å²) in [5.41, 5.74) is 0. The topological polar surface area (TPSA) is 108 Å². The van der Waals surface area contributed by atoms with Gasteiger partial charge in [0, 0.05) is 12.8 Å². The molecule has 9 heteroatoms. The Labute approximate surface area is 446 Å². The zero-order valence-electron chi connectivity index (χ0n) is 48.4. The molecule has 0 aliphatic carbocycles. The lowest BCUT2D eigenvalue weighted by Crippen LogP contribution is -2.40. The average molecular weight is 1020 g/mol. The van der Waals surface area contributed by atoms with Crippen LogP contribution in [0.15, 0.2) is 24.3 Å². The van der Waals surface area contributed by atoms with E-state index in [0.717, 1.165) is 51.4 Å². The number of likely N-dealkylation sites (N-methyl/N-ethyl adjacent to an activating group) is 1. The number of carboxylic acid groups (broad SMARTS) is 1. The molecule has 0 aromatic rings. The van der Waals surface area contributed by atoms with Gasteiger partial charge in [0.1, 0.15) is 13.2 Å². The molecule has 0 fully saturated rings. The van der Waals surface area contributed by atoms with Crippen LogP contribution in [0.5, 0.6) is 0 Å². The number of ether oxygens (including phenoxy) is 4. The quantitative estimate of drug-likeness (QED) is 0.0211. The molecular weight excluding hydrogens is 899 g/mol. The van der Waals surface area contributed by atoms with Crippen molar-refractivity contribution in [3.63, 3.8) is 0 Å². The Morgan fingerprint density at radius 3 is 1.10 bits per heavy atom. The molecule has 0 bridgehead atoms. The number of allylic oxidation sites excluding steroid dienone is 4. The van der Waals surface area contributed by atoms with E-state index in [1.165, 1.54) is 225 Å². The highest BCUT2D eigenvalue weighted by molar-refractivity contribution is 5.71. The normalized spacial score (nSPS) is 12.8. The van der Waals surface area contributed by atoms with Crippen molar-refractivity contribution in [3.8, 4) is 0 Å². The summed E-state index contributed by atoms with van der Waals surface area (Å²) in [7, 11) is 5.98. The number of hydrogen-bond donors (Lipinski definition) is 1. The fourth-order valence-electron chi connectivity index (χ4n) is 9.16. The zero-order valence-corrected chi connectivity index (χ0v) is 48.4. The van der Waals surface area contributed by atoms with Crippen molar-refractivity contribution < 1.29 is 42.9 Å². The zero-order chi connectivity index (χ0) is 52.7. The second-order valence-corrected chi connectivity index (χ2v) is 22.4. The summed E-state index contributed by atoms with van der Waals surface area (Å²) in [6, 6.07) is 0. The Kier molecular flexibility index (Phi) is 53.3. The van der Waals surface area contributed by atoms with Crippen molar-refractivity contribution >= 4 is 17.9 Å². The number of aliphatic carboxylic acids is 1. The van der Waals surface area contributed by atoms with Gasteiger partial charge in [-0.1, -0.05) is 269 Å². The number of hydrogen-bond acceptors (Lipinski definition) is 7. The Balaban J connectivity index is 4.16. The van der Waals surface area contributed by atoms with Crippen molar-refractivity contribution in [2.24, 2.45) is 0 Å². The first-order valence-electron chi connectivity index (χ1n) is 31.0. The lowest BCUT2D eigenvalue weighted by Gasteiger charge is -2.25. The monoisotopic (exact) mass is 1020 g/mol. The highest BCUT2D eigenvalue weighted by atomic mass is 16.7. The molecule has 0 amide bonds. The van der Waals surface area contributed by atoms with E-state index in [9.17, 15) is 19.5 Å². The first-order valence-corrected chi connectivity index (χ1v) is 31.0. The molecule has 0 rings (SSSR count). The minimum atomic E-state index is -1.51. The molecule has 0 aliphatic rings. The van der Waals surface area contributed by atoms with Crippen LogP contribution in [0, 0.1) is 0 Å². The number of rotatable bonds is 58. The summed E-state index contributed by atoms with van der Waals surface area (Å²) >= 11 is 0. The number of carboxylic acids is 1. The van der Waals surface area contributed by atoms with Gasteiger partial charge >= 0.3 is 17.9 Å². The van der Waals surface area contributed by atoms with Crippen LogP contribution in [0.25, 0.3) is 0 Å². The van der Waals surface area contributed by atoms with Gasteiger partial charge in [0.05, 0.1) is 34.4 Å². The fourth-order valence-corrected chi connectivity index (χ4v) is 9.16. The predicted molar refractivity (Wildman–Crippen MR) is 304 cm³/mol. The fraction of sp³-hybridized carbons (Fsp3) is 0.889. The summed E-state index contributed by atoms with van der Waals surface area (Å²) in [6.07, 6.45) is 62.6. The van der Waals surface area contributed by atoms with Crippen molar-refractivity contribution in [2.75, 3.05) is 47.5 Å². The van der Waals surface area contributed by atoms with E-state index in [0.29, 0.717) is 17.4 Å². The summed E-state index contributed by atoms with van der Waals surface area (Å²) in [4.78, 5) is 37.5. The van der Waals surface area contributed by atoms with Crippen LogP contribution in [0.2, 0.25) is 0 Å². The lowest BCUT2D eigenvalue weighted by molar-refractivity contribution is -0.870. The minimum Gasteiger partial charge on any atom is -0.477 e. The van der Waals surface area contributed by atoms with E-state index >= 15 is 0 Å². The number of nitrogens with zero attached hydrogens (tertiary/aromatic N) is 1. The van der Waals surface area contributed by atoms with E-state index < -0.39 is 24.3 Å².